The predicted octanol–water partition coefficient (Wildman–Crippen LogP) is 3.30. The van der Waals surface area contributed by atoms with Crippen molar-refractivity contribution in [3.63, 3.8) is 0 Å². The summed E-state index contributed by atoms with van der Waals surface area (Å²) < 4.78 is 8.18. The third kappa shape index (κ3) is 3.56. The van der Waals surface area contributed by atoms with E-state index in [2.05, 4.69) is 42.7 Å². The molecule has 3 N–H and O–H groups in total. The van der Waals surface area contributed by atoms with Crippen molar-refractivity contribution in [2.75, 3.05) is 13.1 Å². The molecule has 0 unspecified atom stereocenters. The number of aromatic nitrogens is 3. The fraction of sp³-hybridized carbons (Fsp3) is 0.333. The molecule has 1 aliphatic heterocycles. The molecular formula is C18H19BrClN5O2. The Balaban J connectivity index is 1.56. The SMILES string of the molecule is Cn1ncc(Br)c1-c1oc(C(=O)N[C@H]2CNCC[C@@H]2c2ccc[nH]2)cc1Cl. The number of piperidine rings is 1. The molecule has 3 aromatic heterocycles. The Kier molecular flexibility index (Phi) is 5.12. The van der Waals surface area contributed by atoms with Gasteiger partial charge in [0.25, 0.3) is 5.91 Å². The van der Waals surface area contributed by atoms with E-state index in [1.807, 2.05) is 12.3 Å². The molecule has 1 amide bonds. The number of aromatic amines is 1. The molecule has 142 valence electrons. The highest BCUT2D eigenvalue weighted by atomic mass is 79.9. The van der Waals surface area contributed by atoms with Gasteiger partial charge >= 0.3 is 0 Å². The van der Waals surface area contributed by atoms with E-state index in [1.165, 1.54) is 0 Å². The number of nitrogens with one attached hydrogen (secondary N) is 3. The maximum absolute atomic E-state index is 12.8. The van der Waals surface area contributed by atoms with Crippen molar-refractivity contribution in [1.82, 2.24) is 25.4 Å². The van der Waals surface area contributed by atoms with Gasteiger partial charge in [-0.25, -0.2) is 0 Å². The summed E-state index contributed by atoms with van der Waals surface area (Å²) >= 11 is 9.75. The van der Waals surface area contributed by atoms with E-state index in [9.17, 15) is 4.79 Å². The summed E-state index contributed by atoms with van der Waals surface area (Å²) in [6.45, 7) is 1.62. The van der Waals surface area contributed by atoms with Crippen molar-refractivity contribution in [2.24, 2.45) is 7.05 Å². The van der Waals surface area contributed by atoms with Gasteiger partial charge in [0.1, 0.15) is 5.69 Å². The van der Waals surface area contributed by atoms with E-state index in [0.29, 0.717) is 23.0 Å². The fourth-order valence-corrected chi connectivity index (χ4v) is 4.26. The largest absolute Gasteiger partial charge is 0.448 e. The van der Waals surface area contributed by atoms with E-state index in [4.69, 9.17) is 16.0 Å². The minimum atomic E-state index is -0.285. The summed E-state index contributed by atoms with van der Waals surface area (Å²) in [5.41, 5.74) is 1.81. The van der Waals surface area contributed by atoms with Crippen molar-refractivity contribution in [3.05, 3.63) is 51.5 Å². The first kappa shape index (κ1) is 18.3. The number of rotatable bonds is 4. The molecule has 0 aromatic carbocycles. The van der Waals surface area contributed by atoms with Gasteiger partial charge in [0.2, 0.25) is 0 Å². The van der Waals surface area contributed by atoms with Crippen LogP contribution in [0.5, 0.6) is 0 Å². The van der Waals surface area contributed by atoms with Gasteiger partial charge in [-0.3, -0.25) is 9.48 Å². The lowest BCUT2D eigenvalue weighted by Gasteiger charge is -2.32. The monoisotopic (exact) mass is 451 g/mol. The predicted molar refractivity (Wildman–Crippen MR) is 106 cm³/mol. The summed E-state index contributed by atoms with van der Waals surface area (Å²) in [4.78, 5) is 16.1. The summed E-state index contributed by atoms with van der Waals surface area (Å²) in [6, 6.07) is 5.53. The van der Waals surface area contributed by atoms with Crippen molar-refractivity contribution >= 4 is 33.4 Å². The highest BCUT2D eigenvalue weighted by Crippen LogP contribution is 2.35. The Bertz CT molecular complexity index is 930. The molecule has 7 nitrogen and oxygen atoms in total. The van der Waals surface area contributed by atoms with Gasteiger partial charge in [-0.15, -0.1) is 0 Å². The number of furan rings is 1. The Morgan fingerprint density at radius 2 is 2.37 bits per heavy atom. The van der Waals surface area contributed by atoms with Crippen LogP contribution in [0.15, 0.2) is 39.5 Å². The van der Waals surface area contributed by atoms with Crippen LogP contribution in [0.25, 0.3) is 11.5 Å². The van der Waals surface area contributed by atoms with Crippen molar-refractivity contribution < 1.29 is 9.21 Å². The summed E-state index contributed by atoms with van der Waals surface area (Å²) in [5, 5.41) is 10.9. The number of carbonyl (C=O) groups is 1. The molecule has 27 heavy (non-hydrogen) atoms. The zero-order valence-electron chi connectivity index (χ0n) is 14.6. The standard InChI is InChI=1S/C18H19BrClN5O2/c1-25-16(11(19)8-23-25)17-12(20)7-15(27-17)18(26)24-14-9-21-6-4-10(14)13-3-2-5-22-13/h2-3,5,7-8,10,14,21-22H,4,6,9H2,1H3,(H,24,26)/t10-,14+/m1/s1. The van der Waals surface area contributed by atoms with Crippen molar-refractivity contribution in [3.8, 4) is 11.5 Å². The Morgan fingerprint density at radius 1 is 1.52 bits per heavy atom. The maximum Gasteiger partial charge on any atom is 0.287 e. The van der Waals surface area contributed by atoms with E-state index in [1.54, 1.807) is 24.0 Å². The first-order valence-corrected chi connectivity index (χ1v) is 9.83. The van der Waals surface area contributed by atoms with Crippen LogP contribution in [0, 0.1) is 0 Å². The van der Waals surface area contributed by atoms with E-state index >= 15 is 0 Å². The average Bonchev–Trinajstić information content (AvgIpc) is 3.37. The smallest absolute Gasteiger partial charge is 0.287 e. The number of halogens is 2. The lowest BCUT2D eigenvalue weighted by atomic mass is 9.89. The highest BCUT2D eigenvalue weighted by Gasteiger charge is 2.30. The van der Waals surface area contributed by atoms with Gasteiger partial charge in [0.05, 0.1) is 21.7 Å². The maximum atomic E-state index is 12.8. The Labute approximate surface area is 169 Å². The molecule has 0 spiro atoms. The minimum Gasteiger partial charge on any atom is -0.448 e. The molecule has 9 heteroatoms. The molecule has 3 aromatic rings. The Hall–Kier alpha value is -2.03. The zero-order chi connectivity index (χ0) is 19.0. The van der Waals surface area contributed by atoms with E-state index < -0.39 is 0 Å². The zero-order valence-corrected chi connectivity index (χ0v) is 17.0. The first-order valence-electron chi connectivity index (χ1n) is 8.66. The van der Waals surface area contributed by atoms with Crippen LogP contribution in [0.1, 0.15) is 28.6 Å². The topological polar surface area (TPSA) is 87.9 Å². The van der Waals surface area contributed by atoms with Gasteiger partial charge in [-0.1, -0.05) is 11.6 Å². The molecule has 1 saturated heterocycles. The molecule has 2 atom stereocenters. The van der Waals surface area contributed by atoms with Gasteiger partial charge in [-0.2, -0.15) is 5.10 Å². The summed E-state index contributed by atoms with van der Waals surface area (Å²) in [6.07, 6.45) is 4.50. The first-order chi connectivity index (χ1) is 13.0. The Morgan fingerprint density at radius 3 is 3.07 bits per heavy atom. The number of aryl methyl sites for hydroxylation is 1. The number of amides is 1. The van der Waals surface area contributed by atoms with E-state index in [-0.39, 0.29) is 23.6 Å². The van der Waals surface area contributed by atoms with Crippen LogP contribution >= 0.6 is 27.5 Å². The van der Waals surface area contributed by atoms with Crippen LogP contribution < -0.4 is 10.6 Å². The lowest BCUT2D eigenvalue weighted by molar-refractivity contribution is 0.0896. The number of H-pyrrole nitrogens is 1. The molecule has 4 heterocycles. The van der Waals surface area contributed by atoms with Crippen molar-refractivity contribution in [1.29, 1.82) is 0 Å². The lowest BCUT2D eigenvalue weighted by Crippen LogP contribution is -2.50. The molecular weight excluding hydrogens is 434 g/mol. The van der Waals surface area contributed by atoms with Gasteiger partial charge in [-0.05, 0) is 41.0 Å². The van der Waals surface area contributed by atoms with Crippen LogP contribution in [-0.4, -0.2) is 39.8 Å². The molecule has 0 saturated carbocycles. The van der Waals surface area contributed by atoms with Crippen molar-refractivity contribution in [2.45, 2.75) is 18.4 Å². The highest BCUT2D eigenvalue weighted by molar-refractivity contribution is 9.10. The number of hydrogen-bond donors (Lipinski definition) is 3. The normalized spacial score (nSPS) is 20.0. The number of nitrogens with zero attached hydrogens (tertiary/aromatic N) is 2. The molecule has 0 radical (unpaired) electrons. The summed E-state index contributed by atoms with van der Waals surface area (Å²) in [5.74, 6) is 0.531. The van der Waals surface area contributed by atoms with Gasteiger partial charge in [0.15, 0.2) is 11.5 Å². The van der Waals surface area contributed by atoms with Gasteiger partial charge in [0, 0.05) is 37.5 Å². The third-order valence-electron chi connectivity index (χ3n) is 4.84. The van der Waals surface area contributed by atoms with Crippen LogP contribution in [0.2, 0.25) is 5.02 Å². The number of hydrogen-bond acceptors (Lipinski definition) is 4. The molecule has 1 aliphatic rings. The molecule has 0 bridgehead atoms. The minimum absolute atomic E-state index is 0.0411. The van der Waals surface area contributed by atoms with Crippen LogP contribution in [0.4, 0.5) is 0 Å². The van der Waals surface area contributed by atoms with Crippen LogP contribution in [0.3, 0.4) is 0 Å². The second kappa shape index (κ2) is 7.53. The quantitative estimate of drug-likeness (QED) is 0.567. The molecule has 1 fully saturated rings. The summed E-state index contributed by atoms with van der Waals surface area (Å²) in [7, 11) is 1.79. The van der Waals surface area contributed by atoms with Gasteiger partial charge < -0.3 is 20.0 Å². The number of carbonyl (C=O) groups excluding carboxylic acids is 1. The second-order valence-corrected chi connectivity index (χ2v) is 7.82. The average molecular weight is 453 g/mol. The molecule has 4 rings (SSSR count). The van der Waals surface area contributed by atoms with Crippen LogP contribution in [-0.2, 0) is 7.05 Å². The van der Waals surface area contributed by atoms with E-state index in [0.717, 1.165) is 23.1 Å². The molecule has 0 aliphatic carbocycles. The second-order valence-electron chi connectivity index (χ2n) is 6.56. The fourth-order valence-electron chi connectivity index (χ4n) is 3.51. The third-order valence-corrected chi connectivity index (χ3v) is 5.70.